The van der Waals surface area contributed by atoms with Gasteiger partial charge in [0.1, 0.15) is 16.6 Å². The van der Waals surface area contributed by atoms with Gasteiger partial charge in [-0.05, 0) is 42.5 Å². The minimum Gasteiger partial charge on any atom is -0.508 e. The molecule has 5 N–H and O–H groups in total. The van der Waals surface area contributed by atoms with Gasteiger partial charge in [0, 0.05) is 4.88 Å². The minimum absolute atomic E-state index is 0. The van der Waals surface area contributed by atoms with Crippen molar-refractivity contribution in [2.75, 3.05) is 7.11 Å². The third-order valence-electron chi connectivity index (χ3n) is 4.48. The van der Waals surface area contributed by atoms with E-state index in [1.54, 1.807) is 12.1 Å². The SMILES string of the molecule is COC(=O)[C@@H](N)c1ccc(O)cc1.Cl.O=C(O)c1nc2sc3c(c2c(=O)[nH]1)CCC3. The van der Waals surface area contributed by atoms with Gasteiger partial charge in [-0.2, -0.15) is 0 Å². The number of carboxylic acid groups (broad SMARTS) is 1. The molecule has 9 nitrogen and oxygen atoms in total. The van der Waals surface area contributed by atoms with Crippen molar-refractivity contribution in [2.45, 2.75) is 25.3 Å². The van der Waals surface area contributed by atoms with Gasteiger partial charge in [0.25, 0.3) is 5.56 Å². The molecule has 160 valence electrons. The molecule has 0 saturated heterocycles. The standard InChI is InChI=1S/C10H8N2O3S.C9H11NO3.ClH/c13-8-6-4-2-1-3-5(4)16-9(6)12-7(11-8)10(14)15;1-13-9(12)8(10)6-2-4-7(11)5-3-6;/h1-3H2,(H,14,15)(H,11,12,13);2-5,8,11H,10H2,1H3;1H/t;8-;/m.0./s1. The van der Waals surface area contributed by atoms with E-state index in [1.165, 1.54) is 35.5 Å². The largest absolute Gasteiger partial charge is 0.508 e. The molecule has 4 rings (SSSR count). The molecule has 0 fully saturated rings. The number of fused-ring (bicyclic) bond motifs is 3. The van der Waals surface area contributed by atoms with Gasteiger partial charge in [-0.25, -0.2) is 9.78 Å². The Balaban J connectivity index is 0.000000212. The fraction of sp³-hybridized carbons (Fsp3) is 0.263. The van der Waals surface area contributed by atoms with Crippen molar-refractivity contribution in [3.63, 3.8) is 0 Å². The monoisotopic (exact) mass is 453 g/mol. The second-order valence-corrected chi connectivity index (χ2v) is 7.43. The number of carboxylic acids is 1. The topological polar surface area (TPSA) is 156 Å². The van der Waals surface area contributed by atoms with Crippen molar-refractivity contribution in [3.05, 3.63) is 56.4 Å². The second-order valence-electron chi connectivity index (χ2n) is 6.35. The zero-order valence-corrected chi connectivity index (χ0v) is 17.5. The Morgan fingerprint density at radius 2 is 1.93 bits per heavy atom. The highest BCUT2D eigenvalue weighted by Crippen LogP contribution is 2.34. The van der Waals surface area contributed by atoms with E-state index in [2.05, 4.69) is 14.7 Å². The number of thiophene rings is 1. The number of aryl methyl sites for hydroxylation is 2. The number of nitrogens with one attached hydrogen (secondary N) is 1. The average molecular weight is 454 g/mol. The van der Waals surface area contributed by atoms with Crippen molar-refractivity contribution in [1.29, 1.82) is 0 Å². The number of hydrogen-bond donors (Lipinski definition) is 4. The molecule has 0 unspecified atom stereocenters. The number of esters is 1. The lowest BCUT2D eigenvalue weighted by molar-refractivity contribution is -0.142. The molecule has 0 amide bonds. The summed E-state index contributed by atoms with van der Waals surface area (Å²) >= 11 is 1.44. The van der Waals surface area contributed by atoms with Crippen LogP contribution in [-0.4, -0.2) is 39.2 Å². The summed E-state index contributed by atoms with van der Waals surface area (Å²) in [5, 5.41) is 18.4. The molecule has 0 radical (unpaired) electrons. The molecule has 2 heterocycles. The number of aromatic nitrogens is 2. The number of aromatic carboxylic acids is 1. The molecule has 0 bridgehead atoms. The maximum Gasteiger partial charge on any atom is 0.372 e. The lowest BCUT2D eigenvalue weighted by Crippen LogP contribution is -2.22. The molecule has 3 aromatic rings. The number of halogens is 1. The number of carbonyl (C=O) groups excluding carboxylic acids is 1. The predicted molar refractivity (Wildman–Crippen MR) is 114 cm³/mol. The van der Waals surface area contributed by atoms with E-state index in [0.717, 1.165) is 24.8 Å². The number of H-pyrrole nitrogens is 1. The summed E-state index contributed by atoms with van der Waals surface area (Å²) in [5.74, 6) is -1.84. The van der Waals surface area contributed by atoms with E-state index < -0.39 is 18.0 Å². The highest BCUT2D eigenvalue weighted by molar-refractivity contribution is 7.18. The van der Waals surface area contributed by atoms with E-state index in [1.807, 2.05) is 0 Å². The molecule has 0 aliphatic heterocycles. The van der Waals surface area contributed by atoms with Gasteiger partial charge in [-0.3, -0.25) is 9.59 Å². The van der Waals surface area contributed by atoms with Gasteiger partial charge in [-0.1, -0.05) is 12.1 Å². The summed E-state index contributed by atoms with van der Waals surface area (Å²) in [4.78, 5) is 41.5. The summed E-state index contributed by atoms with van der Waals surface area (Å²) in [5.41, 5.74) is 6.89. The van der Waals surface area contributed by atoms with Crippen molar-refractivity contribution in [2.24, 2.45) is 5.73 Å². The van der Waals surface area contributed by atoms with E-state index in [9.17, 15) is 14.4 Å². The molecule has 1 aromatic carbocycles. The summed E-state index contributed by atoms with van der Waals surface area (Å²) < 4.78 is 4.47. The number of aromatic hydroxyl groups is 1. The van der Waals surface area contributed by atoms with Gasteiger partial charge >= 0.3 is 11.9 Å². The van der Waals surface area contributed by atoms with Crippen LogP contribution < -0.4 is 11.3 Å². The third kappa shape index (κ3) is 4.78. The molecule has 0 saturated carbocycles. The van der Waals surface area contributed by atoms with Gasteiger partial charge in [-0.15, -0.1) is 23.7 Å². The van der Waals surface area contributed by atoms with E-state index in [4.69, 9.17) is 15.9 Å². The molecule has 1 atom stereocenters. The molecular formula is C19H20ClN3O6S. The van der Waals surface area contributed by atoms with Crippen LogP contribution in [-0.2, 0) is 22.4 Å². The smallest absolute Gasteiger partial charge is 0.372 e. The Morgan fingerprint density at radius 3 is 2.53 bits per heavy atom. The number of ether oxygens (including phenoxy) is 1. The first kappa shape index (κ1) is 23.3. The second kappa shape index (κ2) is 9.70. The number of phenolic OH excluding ortho intramolecular Hbond substituents is 1. The summed E-state index contributed by atoms with van der Waals surface area (Å²) in [6.07, 6.45) is 2.93. The molecule has 1 aliphatic carbocycles. The van der Waals surface area contributed by atoms with Gasteiger partial charge in [0.15, 0.2) is 0 Å². The number of methoxy groups -OCH3 is 1. The molecule has 0 spiro atoms. The van der Waals surface area contributed by atoms with Crippen molar-refractivity contribution in [3.8, 4) is 5.75 Å². The lowest BCUT2D eigenvalue weighted by Gasteiger charge is -2.08. The Kier molecular flexibility index (Phi) is 7.54. The van der Waals surface area contributed by atoms with Crippen LogP contribution in [0.3, 0.4) is 0 Å². The maximum atomic E-state index is 11.8. The van der Waals surface area contributed by atoms with Crippen LogP contribution >= 0.6 is 23.7 Å². The Labute approximate surface area is 180 Å². The fourth-order valence-corrected chi connectivity index (χ4v) is 4.31. The summed E-state index contributed by atoms with van der Waals surface area (Å²) in [6.45, 7) is 0. The Bertz CT molecular complexity index is 1130. The molecule has 30 heavy (non-hydrogen) atoms. The van der Waals surface area contributed by atoms with Crippen molar-refractivity contribution < 1.29 is 24.5 Å². The number of aromatic amines is 1. The van der Waals surface area contributed by atoms with E-state index in [0.29, 0.717) is 15.8 Å². The van der Waals surface area contributed by atoms with Crippen LogP contribution in [0.4, 0.5) is 0 Å². The number of nitrogens with zero attached hydrogens (tertiary/aromatic N) is 1. The van der Waals surface area contributed by atoms with Gasteiger partial charge in [0.05, 0.1) is 12.5 Å². The number of phenols is 1. The summed E-state index contributed by atoms with van der Waals surface area (Å²) in [6, 6.07) is 5.31. The molecule has 1 aliphatic rings. The highest BCUT2D eigenvalue weighted by atomic mass is 35.5. The normalized spacial score (nSPS) is 12.9. The van der Waals surface area contributed by atoms with Crippen LogP contribution in [0.15, 0.2) is 29.1 Å². The molecule has 2 aromatic heterocycles. The van der Waals surface area contributed by atoms with Crippen LogP contribution in [0.2, 0.25) is 0 Å². The fourth-order valence-electron chi connectivity index (χ4n) is 3.05. The van der Waals surface area contributed by atoms with Gasteiger partial charge < -0.3 is 25.7 Å². The van der Waals surface area contributed by atoms with E-state index in [-0.39, 0.29) is 29.5 Å². The quantitative estimate of drug-likeness (QED) is 0.439. The van der Waals surface area contributed by atoms with Crippen molar-refractivity contribution in [1.82, 2.24) is 9.97 Å². The van der Waals surface area contributed by atoms with Crippen molar-refractivity contribution >= 4 is 45.9 Å². The number of rotatable bonds is 3. The first-order valence-electron chi connectivity index (χ1n) is 8.72. The van der Waals surface area contributed by atoms with Crippen LogP contribution in [0.25, 0.3) is 10.2 Å². The number of benzene rings is 1. The Morgan fingerprint density at radius 1 is 1.27 bits per heavy atom. The number of nitrogens with two attached hydrogens (primary N) is 1. The van der Waals surface area contributed by atoms with Gasteiger partial charge in [0.2, 0.25) is 5.82 Å². The zero-order valence-electron chi connectivity index (χ0n) is 15.9. The van der Waals surface area contributed by atoms with E-state index >= 15 is 0 Å². The summed E-state index contributed by atoms with van der Waals surface area (Å²) in [7, 11) is 1.28. The molecular weight excluding hydrogens is 434 g/mol. The number of carbonyl (C=O) groups is 2. The maximum absolute atomic E-state index is 11.8. The number of hydrogen-bond acceptors (Lipinski definition) is 8. The van der Waals surface area contributed by atoms with Crippen LogP contribution in [0.1, 0.15) is 39.1 Å². The predicted octanol–water partition coefficient (Wildman–Crippen LogP) is 2.16. The third-order valence-corrected chi connectivity index (χ3v) is 5.67. The Hall–Kier alpha value is -2.95. The zero-order chi connectivity index (χ0) is 21.1. The highest BCUT2D eigenvalue weighted by Gasteiger charge is 2.22. The average Bonchev–Trinajstić information content (AvgIpc) is 3.28. The molecule has 11 heteroatoms. The van der Waals surface area contributed by atoms with Crippen LogP contribution in [0.5, 0.6) is 5.75 Å². The first-order chi connectivity index (χ1) is 13.8. The first-order valence-corrected chi connectivity index (χ1v) is 9.53. The van der Waals surface area contributed by atoms with Crippen LogP contribution in [0, 0.1) is 0 Å². The minimum atomic E-state index is -1.20. The lowest BCUT2D eigenvalue weighted by atomic mass is 10.1.